The first kappa shape index (κ1) is 11.8. The van der Waals surface area contributed by atoms with E-state index in [2.05, 4.69) is 36.9 Å². The fourth-order valence-corrected chi connectivity index (χ4v) is 1.39. The largest absolute Gasteiger partial charge is 0.396 e. The van der Waals surface area contributed by atoms with Gasteiger partial charge in [-0.2, -0.15) is 0 Å². The van der Waals surface area contributed by atoms with Crippen LogP contribution in [0.2, 0.25) is 0 Å². The average molecular weight is 202 g/mol. The number of aliphatic hydroxyl groups excluding tert-OH is 1. The van der Waals surface area contributed by atoms with E-state index in [1.54, 1.807) is 0 Å². The number of allylic oxidation sites excluding steroid dienone is 1. The van der Waals surface area contributed by atoms with Crippen molar-refractivity contribution in [3.63, 3.8) is 0 Å². The van der Waals surface area contributed by atoms with E-state index in [4.69, 9.17) is 5.11 Å². The van der Waals surface area contributed by atoms with Crippen molar-refractivity contribution in [1.29, 1.82) is 0 Å². The summed E-state index contributed by atoms with van der Waals surface area (Å²) >= 11 is 0. The van der Waals surface area contributed by atoms with Crippen LogP contribution < -0.4 is 0 Å². The summed E-state index contributed by atoms with van der Waals surface area (Å²) in [6.45, 7) is 2.35. The molecule has 0 aliphatic rings. The molecule has 0 fully saturated rings. The fraction of sp³-hybridized carbons (Fsp3) is 0.357. The van der Waals surface area contributed by atoms with Gasteiger partial charge in [-0.3, -0.25) is 0 Å². The van der Waals surface area contributed by atoms with E-state index < -0.39 is 0 Å². The first-order valence-corrected chi connectivity index (χ1v) is 5.38. The zero-order valence-corrected chi connectivity index (χ0v) is 9.24. The highest BCUT2D eigenvalue weighted by molar-refractivity contribution is 5.20. The summed E-state index contributed by atoms with van der Waals surface area (Å²) in [6.07, 6.45) is 4.69. The van der Waals surface area contributed by atoms with Crippen molar-refractivity contribution in [2.45, 2.75) is 26.2 Å². The number of aliphatic hydroxyl groups is 1. The average Bonchev–Trinajstić information content (AvgIpc) is 2.26. The number of benzene rings is 1. The third kappa shape index (κ3) is 5.21. The summed E-state index contributed by atoms with van der Waals surface area (Å²) in [7, 11) is 0. The van der Waals surface area contributed by atoms with Gasteiger partial charge in [-0.15, -0.1) is 5.73 Å². The summed E-state index contributed by atoms with van der Waals surface area (Å²) < 4.78 is 0. The minimum atomic E-state index is 0.260. The Hall–Kier alpha value is -1.30. The van der Waals surface area contributed by atoms with Crippen molar-refractivity contribution in [3.8, 4) is 0 Å². The minimum absolute atomic E-state index is 0.260. The van der Waals surface area contributed by atoms with Crippen LogP contribution in [-0.2, 0) is 6.42 Å². The molecule has 0 aliphatic heterocycles. The SMILES string of the molecule is CC(=C=CCCCO)Cc1ccccc1. The first-order chi connectivity index (χ1) is 7.33. The van der Waals surface area contributed by atoms with Gasteiger partial charge in [0.25, 0.3) is 0 Å². The third-order valence-electron chi connectivity index (χ3n) is 2.17. The Balaban J connectivity index is 2.48. The van der Waals surface area contributed by atoms with E-state index in [9.17, 15) is 0 Å². The topological polar surface area (TPSA) is 20.2 Å². The van der Waals surface area contributed by atoms with Crippen molar-refractivity contribution < 1.29 is 5.11 Å². The fourth-order valence-electron chi connectivity index (χ4n) is 1.39. The third-order valence-corrected chi connectivity index (χ3v) is 2.17. The van der Waals surface area contributed by atoms with Gasteiger partial charge in [-0.05, 0) is 37.0 Å². The van der Waals surface area contributed by atoms with Crippen LogP contribution in [0.25, 0.3) is 0 Å². The quantitative estimate of drug-likeness (QED) is 0.574. The molecule has 0 bridgehead atoms. The first-order valence-electron chi connectivity index (χ1n) is 5.38. The molecule has 0 atom stereocenters. The molecule has 0 amide bonds. The molecule has 1 aromatic carbocycles. The Morgan fingerprint density at radius 3 is 2.73 bits per heavy atom. The Morgan fingerprint density at radius 2 is 2.07 bits per heavy atom. The minimum Gasteiger partial charge on any atom is -0.396 e. The van der Waals surface area contributed by atoms with Gasteiger partial charge >= 0.3 is 0 Å². The highest BCUT2D eigenvalue weighted by Gasteiger charge is 1.91. The van der Waals surface area contributed by atoms with Crippen LogP contribution in [-0.4, -0.2) is 11.7 Å². The van der Waals surface area contributed by atoms with Crippen molar-refractivity contribution >= 4 is 0 Å². The van der Waals surface area contributed by atoms with E-state index in [1.165, 1.54) is 11.1 Å². The lowest BCUT2D eigenvalue weighted by atomic mass is 10.1. The van der Waals surface area contributed by atoms with Crippen LogP contribution >= 0.6 is 0 Å². The standard InChI is InChI=1S/C14H18O/c1-13(8-4-3-7-11-15)12-14-9-5-2-6-10-14/h2,4-6,9-10,15H,3,7,11-12H2,1H3. The van der Waals surface area contributed by atoms with E-state index in [-0.39, 0.29) is 6.61 Å². The smallest absolute Gasteiger partial charge is 0.0434 e. The van der Waals surface area contributed by atoms with Crippen LogP contribution in [0.15, 0.2) is 47.7 Å². The van der Waals surface area contributed by atoms with Gasteiger partial charge in [0.1, 0.15) is 0 Å². The maximum atomic E-state index is 8.61. The van der Waals surface area contributed by atoms with Crippen LogP contribution in [0.1, 0.15) is 25.3 Å². The van der Waals surface area contributed by atoms with E-state index >= 15 is 0 Å². The zero-order valence-electron chi connectivity index (χ0n) is 9.24. The summed E-state index contributed by atoms with van der Waals surface area (Å²) in [5.74, 6) is 0. The van der Waals surface area contributed by atoms with Crippen molar-refractivity contribution in [1.82, 2.24) is 0 Å². The van der Waals surface area contributed by atoms with Gasteiger partial charge in [0.15, 0.2) is 0 Å². The van der Waals surface area contributed by atoms with Gasteiger partial charge in [0, 0.05) is 13.0 Å². The predicted octanol–water partition coefficient (Wildman–Crippen LogP) is 3.10. The van der Waals surface area contributed by atoms with E-state index in [0.717, 1.165) is 19.3 Å². The second-order valence-electron chi connectivity index (χ2n) is 3.66. The molecule has 0 saturated carbocycles. The second kappa shape index (κ2) is 7.05. The molecule has 80 valence electrons. The van der Waals surface area contributed by atoms with Gasteiger partial charge in [-0.1, -0.05) is 30.3 Å². The predicted molar refractivity (Wildman–Crippen MR) is 63.7 cm³/mol. The lowest BCUT2D eigenvalue weighted by Gasteiger charge is -1.97. The maximum Gasteiger partial charge on any atom is 0.0434 e. The Bertz CT molecular complexity index is 332. The molecule has 0 saturated heterocycles. The number of rotatable bonds is 5. The lowest BCUT2D eigenvalue weighted by molar-refractivity contribution is 0.289. The number of hydrogen-bond acceptors (Lipinski definition) is 1. The van der Waals surface area contributed by atoms with Crippen LogP contribution in [0.4, 0.5) is 0 Å². The normalized spacial score (nSPS) is 9.47. The second-order valence-corrected chi connectivity index (χ2v) is 3.66. The van der Waals surface area contributed by atoms with Crippen molar-refractivity contribution in [2.75, 3.05) is 6.61 Å². The maximum absolute atomic E-state index is 8.61. The highest BCUT2D eigenvalue weighted by atomic mass is 16.2. The molecular formula is C14H18O. The molecule has 15 heavy (non-hydrogen) atoms. The summed E-state index contributed by atoms with van der Waals surface area (Å²) in [5.41, 5.74) is 5.80. The van der Waals surface area contributed by atoms with Crippen molar-refractivity contribution in [2.24, 2.45) is 0 Å². The van der Waals surface area contributed by atoms with Gasteiger partial charge in [0.2, 0.25) is 0 Å². The molecule has 0 unspecified atom stereocenters. The number of unbranched alkanes of at least 4 members (excludes halogenated alkanes) is 1. The van der Waals surface area contributed by atoms with Gasteiger partial charge < -0.3 is 5.11 Å². The van der Waals surface area contributed by atoms with Crippen LogP contribution in [0, 0.1) is 0 Å². The van der Waals surface area contributed by atoms with Gasteiger partial charge in [0.05, 0.1) is 0 Å². The molecule has 0 aromatic heterocycles. The summed E-state index contributed by atoms with van der Waals surface area (Å²) in [4.78, 5) is 0. The molecule has 1 N–H and O–H groups in total. The molecule has 0 heterocycles. The van der Waals surface area contributed by atoms with Gasteiger partial charge in [-0.25, -0.2) is 0 Å². The van der Waals surface area contributed by atoms with E-state index in [1.807, 2.05) is 12.1 Å². The number of hydrogen-bond donors (Lipinski definition) is 1. The van der Waals surface area contributed by atoms with Crippen LogP contribution in [0.5, 0.6) is 0 Å². The Morgan fingerprint density at radius 1 is 1.33 bits per heavy atom. The lowest BCUT2D eigenvalue weighted by Crippen LogP contribution is -1.84. The molecule has 1 rings (SSSR count). The highest BCUT2D eigenvalue weighted by Crippen LogP contribution is 2.05. The molecular weight excluding hydrogens is 184 g/mol. The van der Waals surface area contributed by atoms with E-state index in [0.29, 0.717) is 0 Å². The molecule has 1 heteroatoms. The zero-order chi connectivity index (χ0) is 10.9. The van der Waals surface area contributed by atoms with Crippen molar-refractivity contribution in [3.05, 3.63) is 53.3 Å². The summed E-state index contributed by atoms with van der Waals surface area (Å²) in [5, 5.41) is 8.61. The summed E-state index contributed by atoms with van der Waals surface area (Å²) in [6, 6.07) is 10.4. The molecule has 1 aromatic rings. The molecule has 1 nitrogen and oxygen atoms in total. The molecule has 0 radical (unpaired) electrons. The Labute approximate surface area is 91.8 Å². The Kier molecular flexibility index (Phi) is 5.54. The molecule has 0 aliphatic carbocycles. The molecule has 0 spiro atoms. The monoisotopic (exact) mass is 202 g/mol. The van der Waals surface area contributed by atoms with Crippen LogP contribution in [0.3, 0.4) is 0 Å².